The number of aryl methyl sites for hydroxylation is 1. The number of phenols is 1. The predicted molar refractivity (Wildman–Crippen MR) is 65.5 cm³/mol. The number of aromatic hydroxyl groups is 1. The monoisotopic (exact) mass is 232 g/mol. The largest absolute Gasteiger partial charge is 0.505 e. The molecule has 0 saturated carbocycles. The zero-order valence-electron chi connectivity index (χ0n) is 9.65. The molecule has 2 aliphatic carbocycles. The van der Waals surface area contributed by atoms with Gasteiger partial charge in [-0.05, 0) is 60.4 Å². The Balaban J connectivity index is 2.24. The summed E-state index contributed by atoms with van der Waals surface area (Å²) in [5.74, 6) is 0.518. The van der Waals surface area contributed by atoms with Crippen LogP contribution in [0.25, 0.3) is 0 Å². The topological polar surface area (TPSA) is 75.7 Å². The number of nitrogens with two attached hydrogens (primary N) is 1. The summed E-state index contributed by atoms with van der Waals surface area (Å²) in [7, 11) is 0. The highest BCUT2D eigenvalue weighted by molar-refractivity contribution is 5.63. The van der Waals surface area contributed by atoms with Crippen molar-refractivity contribution in [3.63, 3.8) is 0 Å². The lowest BCUT2D eigenvalue weighted by Gasteiger charge is -2.35. The third-order valence-corrected chi connectivity index (χ3v) is 4.07. The maximum absolute atomic E-state index is 10.7. The van der Waals surface area contributed by atoms with Crippen molar-refractivity contribution in [3.8, 4) is 5.75 Å². The first kappa shape index (κ1) is 10.7. The van der Waals surface area contributed by atoms with E-state index in [1.165, 1.54) is 11.1 Å². The molecule has 0 aliphatic heterocycles. The predicted octanol–water partition coefficient (Wildman–Crippen LogP) is 2.48. The van der Waals surface area contributed by atoms with Crippen molar-refractivity contribution in [2.45, 2.75) is 44.1 Å². The van der Waals surface area contributed by atoms with Crippen molar-refractivity contribution >= 4 is 5.69 Å². The van der Waals surface area contributed by atoms with Gasteiger partial charge in [-0.2, -0.15) is 0 Å². The first-order chi connectivity index (χ1) is 8.20. The van der Waals surface area contributed by atoms with Crippen molar-refractivity contribution in [3.05, 3.63) is 27.7 Å². The molecule has 3 N–H and O–H groups in total. The van der Waals surface area contributed by atoms with Gasteiger partial charge in [0.25, 0.3) is 0 Å². The van der Waals surface area contributed by atoms with Crippen LogP contribution in [0, 0.1) is 4.91 Å². The molecule has 17 heavy (non-hydrogen) atoms. The molecule has 0 heterocycles. The average Bonchev–Trinajstić information content (AvgIpc) is 2.33. The molecule has 90 valence electrons. The molecule has 0 amide bonds. The van der Waals surface area contributed by atoms with Gasteiger partial charge in [0.05, 0.1) is 0 Å². The summed E-state index contributed by atoms with van der Waals surface area (Å²) in [6.07, 6.45) is 4.91. The van der Waals surface area contributed by atoms with Gasteiger partial charge in [0.15, 0.2) is 0 Å². The number of benzene rings is 1. The van der Waals surface area contributed by atoms with Crippen LogP contribution in [-0.4, -0.2) is 11.1 Å². The van der Waals surface area contributed by atoms with Gasteiger partial charge in [-0.25, -0.2) is 0 Å². The van der Waals surface area contributed by atoms with E-state index >= 15 is 0 Å². The second kappa shape index (κ2) is 3.81. The van der Waals surface area contributed by atoms with Gasteiger partial charge < -0.3 is 10.8 Å². The van der Waals surface area contributed by atoms with Crippen LogP contribution in [0.15, 0.2) is 11.2 Å². The molecule has 4 nitrogen and oxygen atoms in total. The van der Waals surface area contributed by atoms with Crippen molar-refractivity contribution in [1.29, 1.82) is 0 Å². The number of nitrogens with zero attached hydrogens (tertiary/aromatic N) is 1. The van der Waals surface area contributed by atoms with E-state index in [9.17, 15) is 10.0 Å². The molecule has 4 heteroatoms. The standard InChI is InChI=1S/C13H16N2O2/c14-9-4-7-2-1-3-8-5-11(15-17)13(16)10(6-9)12(7)8/h5,7,9,16H,1-4,6,14H2/t7?,9-/m0/s1. The third kappa shape index (κ3) is 1.55. The Morgan fingerprint density at radius 2 is 2.29 bits per heavy atom. The van der Waals surface area contributed by atoms with Gasteiger partial charge in [0.2, 0.25) is 0 Å². The number of nitroso groups, excluding NO2 is 1. The number of phenolic OH excluding ortho intramolecular Hbond substituents is 1. The molecule has 3 rings (SSSR count). The van der Waals surface area contributed by atoms with Crippen LogP contribution in [0.5, 0.6) is 5.75 Å². The van der Waals surface area contributed by atoms with Gasteiger partial charge in [-0.1, -0.05) is 0 Å². The van der Waals surface area contributed by atoms with E-state index in [0.29, 0.717) is 12.3 Å². The van der Waals surface area contributed by atoms with Crippen molar-refractivity contribution in [1.82, 2.24) is 0 Å². The molecule has 2 aliphatic rings. The zero-order chi connectivity index (χ0) is 12.0. The smallest absolute Gasteiger partial charge is 0.150 e. The Morgan fingerprint density at radius 3 is 3.06 bits per heavy atom. The third-order valence-electron chi connectivity index (χ3n) is 4.07. The summed E-state index contributed by atoms with van der Waals surface area (Å²) >= 11 is 0. The highest BCUT2D eigenvalue weighted by Gasteiger charge is 2.32. The van der Waals surface area contributed by atoms with Crippen molar-refractivity contribution in [2.24, 2.45) is 10.9 Å². The Hall–Kier alpha value is -1.42. The molecular weight excluding hydrogens is 216 g/mol. The first-order valence-corrected chi connectivity index (χ1v) is 6.17. The van der Waals surface area contributed by atoms with Gasteiger partial charge >= 0.3 is 0 Å². The van der Waals surface area contributed by atoms with Crippen LogP contribution in [0.4, 0.5) is 5.69 Å². The summed E-state index contributed by atoms with van der Waals surface area (Å²) in [6, 6.07) is 1.84. The average molecular weight is 232 g/mol. The van der Waals surface area contributed by atoms with E-state index < -0.39 is 0 Å². The lowest BCUT2D eigenvalue weighted by atomic mass is 9.71. The summed E-state index contributed by atoms with van der Waals surface area (Å²) in [4.78, 5) is 10.7. The molecule has 0 aromatic heterocycles. The van der Waals surface area contributed by atoms with Crippen LogP contribution in [0.3, 0.4) is 0 Å². The minimum Gasteiger partial charge on any atom is -0.505 e. The van der Waals surface area contributed by atoms with E-state index in [0.717, 1.165) is 31.2 Å². The molecule has 1 unspecified atom stereocenters. The van der Waals surface area contributed by atoms with Crippen molar-refractivity contribution < 1.29 is 5.11 Å². The summed E-state index contributed by atoms with van der Waals surface area (Å²) in [5, 5.41) is 13.0. The quantitative estimate of drug-likeness (QED) is 0.730. The molecule has 0 saturated heterocycles. The summed E-state index contributed by atoms with van der Waals surface area (Å²) < 4.78 is 0. The van der Waals surface area contributed by atoms with Crippen LogP contribution in [0.2, 0.25) is 0 Å². The van der Waals surface area contributed by atoms with E-state index in [4.69, 9.17) is 5.73 Å². The fourth-order valence-electron chi connectivity index (χ4n) is 3.41. The molecule has 1 aromatic carbocycles. The molecule has 0 bridgehead atoms. The Morgan fingerprint density at radius 1 is 1.47 bits per heavy atom. The second-order valence-electron chi connectivity index (χ2n) is 5.18. The Bertz CT molecular complexity index is 485. The van der Waals surface area contributed by atoms with Gasteiger partial charge in [0, 0.05) is 11.6 Å². The lowest BCUT2D eigenvalue weighted by Crippen LogP contribution is -2.32. The van der Waals surface area contributed by atoms with E-state index in [2.05, 4.69) is 5.18 Å². The zero-order valence-corrected chi connectivity index (χ0v) is 9.65. The van der Waals surface area contributed by atoms with Crippen LogP contribution in [0.1, 0.15) is 41.9 Å². The van der Waals surface area contributed by atoms with Crippen LogP contribution < -0.4 is 5.73 Å². The summed E-state index contributed by atoms with van der Waals surface area (Å²) in [5.41, 5.74) is 9.52. The van der Waals surface area contributed by atoms with Gasteiger partial charge in [0.1, 0.15) is 11.4 Å². The second-order valence-corrected chi connectivity index (χ2v) is 5.18. The highest BCUT2D eigenvalue weighted by atomic mass is 16.3. The molecule has 1 aromatic rings. The van der Waals surface area contributed by atoms with Crippen molar-refractivity contribution in [2.75, 3.05) is 0 Å². The lowest BCUT2D eigenvalue weighted by molar-refractivity contribution is 0.411. The van der Waals surface area contributed by atoms with Gasteiger partial charge in [-0.3, -0.25) is 0 Å². The fraction of sp³-hybridized carbons (Fsp3) is 0.538. The molecule has 2 atom stereocenters. The maximum atomic E-state index is 10.7. The van der Waals surface area contributed by atoms with E-state index in [1.54, 1.807) is 6.07 Å². The summed E-state index contributed by atoms with van der Waals surface area (Å²) in [6.45, 7) is 0. The number of rotatable bonds is 1. The first-order valence-electron chi connectivity index (χ1n) is 6.17. The molecule has 0 spiro atoms. The Kier molecular flexibility index (Phi) is 2.40. The fourth-order valence-corrected chi connectivity index (χ4v) is 3.41. The maximum Gasteiger partial charge on any atom is 0.150 e. The normalized spacial score (nSPS) is 26.4. The molecular formula is C13H16N2O2. The van der Waals surface area contributed by atoms with Gasteiger partial charge in [-0.15, -0.1) is 4.91 Å². The SMILES string of the molecule is N[C@@H]1Cc2c(O)c(N=O)cc3c2C(CCC3)C1. The molecule has 0 radical (unpaired) electrons. The van der Waals surface area contributed by atoms with E-state index in [1.807, 2.05) is 0 Å². The molecule has 0 fully saturated rings. The number of hydrogen-bond donors (Lipinski definition) is 2. The Labute approximate surface area is 99.8 Å². The van der Waals surface area contributed by atoms with Crippen LogP contribution >= 0.6 is 0 Å². The van der Waals surface area contributed by atoms with E-state index in [-0.39, 0.29) is 17.5 Å². The minimum absolute atomic E-state index is 0.0563. The minimum atomic E-state index is 0.0563. The number of hydrogen-bond acceptors (Lipinski definition) is 4. The highest BCUT2D eigenvalue weighted by Crippen LogP contribution is 2.47. The van der Waals surface area contributed by atoms with Crippen LogP contribution in [-0.2, 0) is 12.8 Å².